The van der Waals surface area contributed by atoms with Crippen LogP contribution >= 0.6 is 11.3 Å². The van der Waals surface area contributed by atoms with E-state index in [4.69, 9.17) is 0 Å². The molecule has 0 atom stereocenters. The van der Waals surface area contributed by atoms with Crippen LogP contribution in [-0.4, -0.2) is 21.7 Å². The predicted molar refractivity (Wildman–Crippen MR) is 103 cm³/mol. The Kier molecular flexibility index (Phi) is 4.81. The van der Waals surface area contributed by atoms with Gasteiger partial charge in [0.15, 0.2) is 0 Å². The third-order valence-electron chi connectivity index (χ3n) is 4.55. The molecule has 0 fully saturated rings. The van der Waals surface area contributed by atoms with Crippen LogP contribution in [0.4, 0.5) is 4.39 Å². The maximum absolute atomic E-state index is 13.5. The topological polar surface area (TPSA) is 76.3 Å². The molecule has 4 rings (SSSR count). The first-order valence-electron chi connectivity index (χ1n) is 8.69. The van der Waals surface area contributed by atoms with Gasteiger partial charge in [0, 0.05) is 10.4 Å². The summed E-state index contributed by atoms with van der Waals surface area (Å²) in [6, 6.07) is 6.11. The van der Waals surface area contributed by atoms with Gasteiger partial charge in [0.2, 0.25) is 0 Å². The summed E-state index contributed by atoms with van der Waals surface area (Å²) in [6.07, 6.45) is 6.70. The molecule has 0 radical (unpaired) electrons. The summed E-state index contributed by atoms with van der Waals surface area (Å²) in [5, 5.41) is 4.39. The van der Waals surface area contributed by atoms with Crippen LogP contribution in [0.5, 0.6) is 0 Å². The molecule has 1 aromatic carbocycles. The van der Waals surface area contributed by atoms with Crippen molar-refractivity contribution in [3.63, 3.8) is 0 Å². The maximum Gasteiger partial charge on any atom is 0.262 e. The summed E-state index contributed by atoms with van der Waals surface area (Å²) in [5.74, 6) is -0.904. The minimum atomic E-state index is -0.477. The summed E-state index contributed by atoms with van der Waals surface area (Å²) >= 11 is 1.57. The van der Waals surface area contributed by atoms with Crippen molar-refractivity contribution in [2.24, 2.45) is 5.10 Å². The summed E-state index contributed by atoms with van der Waals surface area (Å²) in [5.41, 5.74) is 3.47. The van der Waals surface area contributed by atoms with Gasteiger partial charge in [-0.05, 0) is 37.3 Å². The first-order valence-corrected chi connectivity index (χ1v) is 9.51. The van der Waals surface area contributed by atoms with Crippen molar-refractivity contribution in [3.05, 3.63) is 62.8 Å². The second-order valence-corrected chi connectivity index (χ2v) is 7.47. The van der Waals surface area contributed by atoms with E-state index in [2.05, 4.69) is 15.5 Å². The molecule has 2 heterocycles. The lowest BCUT2D eigenvalue weighted by atomic mass is 9.97. The van der Waals surface area contributed by atoms with E-state index in [1.165, 1.54) is 28.1 Å². The Morgan fingerprint density at radius 1 is 1.33 bits per heavy atom. The van der Waals surface area contributed by atoms with Gasteiger partial charge in [0.25, 0.3) is 11.5 Å². The van der Waals surface area contributed by atoms with Crippen molar-refractivity contribution in [2.45, 2.75) is 32.2 Å². The average molecular weight is 384 g/mol. The normalized spacial score (nSPS) is 13.8. The molecule has 3 aromatic rings. The zero-order chi connectivity index (χ0) is 18.8. The number of carbonyl (C=O) groups is 1. The number of benzene rings is 1. The molecule has 0 spiro atoms. The number of nitrogens with zero attached hydrogens (tertiary/aromatic N) is 3. The largest absolute Gasteiger partial charge is 0.289 e. The second-order valence-electron chi connectivity index (χ2n) is 6.38. The van der Waals surface area contributed by atoms with Crippen LogP contribution in [0.15, 0.2) is 40.5 Å². The summed E-state index contributed by atoms with van der Waals surface area (Å²) in [6.45, 7) is -0.193. The van der Waals surface area contributed by atoms with Gasteiger partial charge in [-0.15, -0.1) is 11.3 Å². The third-order valence-corrected chi connectivity index (χ3v) is 5.75. The number of aromatic nitrogens is 2. The average Bonchev–Trinajstić information content (AvgIpc) is 3.05. The quantitative estimate of drug-likeness (QED) is 0.555. The molecule has 1 N–H and O–H groups in total. The molecule has 27 heavy (non-hydrogen) atoms. The Morgan fingerprint density at radius 2 is 2.15 bits per heavy atom. The number of amides is 1. The lowest BCUT2D eigenvalue weighted by molar-refractivity contribution is -0.121. The highest BCUT2D eigenvalue weighted by molar-refractivity contribution is 7.18. The molecule has 8 heteroatoms. The zero-order valence-electron chi connectivity index (χ0n) is 14.4. The van der Waals surface area contributed by atoms with Gasteiger partial charge in [-0.25, -0.2) is 14.8 Å². The molecule has 1 aliphatic carbocycles. The van der Waals surface area contributed by atoms with Crippen molar-refractivity contribution < 1.29 is 9.18 Å². The van der Waals surface area contributed by atoms with Gasteiger partial charge in [0.05, 0.1) is 17.9 Å². The number of hydrogen-bond acceptors (Lipinski definition) is 5. The highest BCUT2D eigenvalue weighted by Gasteiger charge is 2.20. The van der Waals surface area contributed by atoms with Crippen LogP contribution in [0.1, 0.15) is 28.8 Å². The molecule has 0 saturated heterocycles. The number of carbonyl (C=O) groups excluding carboxylic acids is 1. The molecule has 1 amide bonds. The molecule has 138 valence electrons. The molecular weight excluding hydrogens is 367 g/mol. The molecule has 1 aliphatic rings. The van der Waals surface area contributed by atoms with E-state index in [0.717, 1.165) is 36.1 Å². The lowest BCUT2D eigenvalue weighted by Gasteiger charge is -2.10. The van der Waals surface area contributed by atoms with Crippen molar-refractivity contribution >= 4 is 33.7 Å². The Morgan fingerprint density at radius 3 is 3.00 bits per heavy atom. The van der Waals surface area contributed by atoms with Gasteiger partial charge in [0.1, 0.15) is 17.2 Å². The van der Waals surface area contributed by atoms with Crippen LogP contribution < -0.4 is 11.0 Å². The van der Waals surface area contributed by atoms with Gasteiger partial charge in [-0.2, -0.15) is 5.10 Å². The monoisotopic (exact) mass is 384 g/mol. The van der Waals surface area contributed by atoms with Crippen molar-refractivity contribution in [1.82, 2.24) is 15.0 Å². The summed E-state index contributed by atoms with van der Waals surface area (Å²) < 4.78 is 14.8. The Hall–Kier alpha value is -2.87. The molecule has 2 aromatic heterocycles. The minimum absolute atomic E-state index is 0.193. The Labute approximate surface area is 158 Å². The molecule has 0 bridgehead atoms. The Balaban J connectivity index is 1.51. The number of thiophene rings is 1. The molecular formula is C19H17FN4O2S. The molecule has 0 saturated carbocycles. The van der Waals surface area contributed by atoms with Crippen LogP contribution in [0.2, 0.25) is 0 Å². The highest BCUT2D eigenvalue weighted by atomic mass is 32.1. The molecule has 0 unspecified atom stereocenters. The summed E-state index contributed by atoms with van der Waals surface area (Å²) in [7, 11) is 0. The predicted octanol–water partition coefficient (Wildman–Crippen LogP) is 2.63. The highest BCUT2D eigenvalue weighted by Crippen LogP contribution is 2.33. The second kappa shape index (κ2) is 7.40. The SMILES string of the molecule is O=C(Cn1cnc2sc3c(c2c1=O)CCCC3)N/N=C/c1ccccc1F. The smallest absolute Gasteiger partial charge is 0.262 e. The van der Waals surface area contributed by atoms with Crippen LogP contribution in [0, 0.1) is 5.82 Å². The zero-order valence-corrected chi connectivity index (χ0v) is 15.3. The standard InChI is InChI=1S/C19H17FN4O2S/c20-14-7-3-1-5-12(14)9-22-23-16(25)10-24-11-21-18-17(19(24)26)13-6-2-4-8-15(13)27-18/h1,3,5,7,9,11H,2,4,6,8,10H2,(H,23,25)/b22-9+. The van der Waals surface area contributed by atoms with Gasteiger partial charge >= 0.3 is 0 Å². The molecule has 0 aliphatic heterocycles. The number of fused-ring (bicyclic) bond motifs is 3. The number of rotatable bonds is 4. The number of hydrazone groups is 1. The van der Waals surface area contributed by atoms with Gasteiger partial charge in [-0.3, -0.25) is 14.2 Å². The number of nitrogens with one attached hydrogen (secondary N) is 1. The van der Waals surface area contributed by atoms with Crippen LogP contribution in [0.25, 0.3) is 10.2 Å². The number of halogens is 1. The maximum atomic E-state index is 13.5. The fourth-order valence-corrected chi connectivity index (χ4v) is 4.46. The Bertz CT molecular complexity index is 1100. The van der Waals surface area contributed by atoms with Gasteiger partial charge < -0.3 is 0 Å². The number of aryl methyl sites for hydroxylation is 2. The van der Waals surface area contributed by atoms with Gasteiger partial charge in [-0.1, -0.05) is 18.2 Å². The van der Waals surface area contributed by atoms with E-state index in [1.807, 2.05) is 0 Å². The first-order chi connectivity index (χ1) is 13.1. The third kappa shape index (κ3) is 3.52. The first kappa shape index (κ1) is 17.5. The van der Waals surface area contributed by atoms with Crippen LogP contribution in [-0.2, 0) is 24.2 Å². The van der Waals surface area contributed by atoms with Crippen LogP contribution in [0.3, 0.4) is 0 Å². The lowest BCUT2D eigenvalue weighted by Crippen LogP contribution is -2.30. The van der Waals surface area contributed by atoms with E-state index in [9.17, 15) is 14.0 Å². The van der Waals surface area contributed by atoms with Crippen molar-refractivity contribution in [2.75, 3.05) is 0 Å². The fourth-order valence-electron chi connectivity index (χ4n) is 3.24. The number of hydrogen-bond donors (Lipinski definition) is 1. The van der Waals surface area contributed by atoms with Crippen molar-refractivity contribution in [3.8, 4) is 0 Å². The summed E-state index contributed by atoms with van der Waals surface area (Å²) in [4.78, 5) is 31.2. The minimum Gasteiger partial charge on any atom is -0.289 e. The molecule has 6 nitrogen and oxygen atoms in total. The van der Waals surface area contributed by atoms with E-state index in [0.29, 0.717) is 5.39 Å². The van der Waals surface area contributed by atoms with E-state index >= 15 is 0 Å². The van der Waals surface area contributed by atoms with Crippen molar-refractivity contribution in [1.29, 1.82) is 0 Å². The van der Waals surface area contributed by atoms with E-state index in [-0.39, 0.29) is 17.7 Å². The van der Waals surface area contributed by atoms with E-state index < -0.39 is 11.7 Å². The van der Waals surface area contributed by atoms with E-state index in [1.54, 1.807) is 29.5 Å². The fraction of sp³-hybridized carbons (Fsp3) is 0.263.